The molecule has 140 valence electrons. The van der Waals surface area contributed by atoms with Gasteiger partial charge < -0.3 is 24.8 Å². The number of terminal acetylenes is 1. The number of carbonyl (C=O) groups excluding carboxylic acids is 1. The summed E-state index contributed by atoms with van der Waals surface area (Å²) in [4.78, 5) is 11.9. The van der Waals surface area contributed by atoms with Gasteiger partial charge in [-0.15, -0.1) is 6.42 Å². The molecule has 0 bridgehead atoms. The summed E-state index contributed by atoms with van der Waals surface area (Å²) in [6.07, 6.45) is 6.62. The third-order valence-corrected chi connectivity index (χ3v) is 4.08. The van der Waals surface area contributed by atoms with E-state index in [-0.39, 0.29) is 19.4 Å². The smallest absolute Gasteiger partial charge is 0.314 e. The molecule has 2 N–H and O–H groups in total. The molecule has 3 rings (SSSR count). The van der Waals surface area contributed by atoms with Crippen LogP contribution in [0.25, 0.3) is 0 Å². The molecule has 0 fully saturated rings. The zero-order valence-electron chi connectivity index (χ0n) is 15.0. The summed E-state index contributed by atoms with van der Waals surface area (Å²) in [5.74, 6) is 4.69. The first-order chi connectivity index (χ1) is 13.2. The Morgan fingerprint density at radius 1 is 1.00 bits per heavy atom. The largest absolute Gasteiger partial charge is 0.481 e. The molecule has 0 saturated carbocycles. The Balaban J connectivity index is 1.32. The average Bonchev–Trinajstić information content (AvgIpc) is 3.15. The zero-order chi connectivity index (χ0) is 18.9. The molecule has 1 aliphatic heterocycles. The normalized spacial score (nSPS) is 11.5. The van der Waals surface area contributed by atoms with E-state index >= 15 is 0 Å². The topological polar surface area (TPSA) is 68.8 Å². The molecule has 0 saturated heterocycles. The number of ether oxygens (including phenoxy) is 3. The molecule has 1 aliphatic rings. The van der Waals surface area contributed by atoms with Gasteiger partial charge in [0.25, 0.3) is 0 Å². The fraction of sp³-hybridized carbons (Fsp3) is 0.286. The Labute approximate surface area is 158 Å². The summed E-state index contributed by atoms with van der Waals surface area (Å²) in [7, 11) is 0. The summed E-state index contributed by atoms with van der Waals surface area (Å²) in [5.41, 5.74) is 2.20. The molecule has 2 amide bonds. The van der Waals surface area contributed by atoms with Crippen LogP contribution >= 0.6 is 0 Å². The molecule has 2 aromatic rings. The molecule has 6 heteroatoms. The lowest BCUT2D eigenvalue weighted by molar-refractivity contribution is 0.174. The van der Waals surface area contributed by atoms with E-state index in [1.165, 1.54) is 0 Å². The van der Waals surface area contributed by atoms with Crippen molar-refractivity contribution in [2.24, 2.45) is 0 Å². The van der Waals surface area contributed by atoms with E-state index in [9.17, 15) is 4.79 Å². The highest BCUT2D eigenvalue weighted by Gasteiger charge is 2.13. The van der Waals surface area contributed by atoms with Gasteiger partial charge in [0.1, 0.15) is 12.4 Å². The monoisotopic (exact) mass is 366 g/mol. The van der Waals surface area contributed by atoms with Gasteiger partial charge in [-0.3, -0.25) is 0 Å². The molecular formula is C21H22N2O4. The SMILES string of the molecule is C#CCOc1ccc(CCNC(=O)NCCc2ccc3c(c2)OCO3)cc1. The minimum atomic E-state index is -0.176. The van der Waals surface area contributed by atoms with Crippen molar-refractivity contribution in [3.63, 3.8) is 0 Å². The van der Waals surface area contributed by atoms with Gasteiger partial charge in [0.05, 0.1) is 0 Å². The zero-order valence-corrected chi connectivity index (χ0v) is 15.0. The number of nitrogens with one attached hydrogen (secondary N) is 2. The summed E-state index contributed by atoms with van der Waals surface area (Å²) in [6, 6.07) is 13.3. The van der Waals surface area contributed by atoms with Gasteiger partial charge in [0.2, 0.25) is 6.79 Å². The van der Waals surface area contributed by atoms with Crippen LogP contribution in [0, 0.1) is 12.3 Å². The standard InChI is InChI=1S/C21H22N2O4/c1-2-13-25-18-6-3-16(4-7-18)9-11-22-21(24)23-12-10-17-5-8-19-20(14-17)27-15-26-19/h1,3-8,14H,9-13,15H2,(H2,22,23,24). The van der Waals surface area contributed by atoms with Crippen LogP contribution in [-0.4, -0.2) is 32.5 Å². The molecule has 0 atom stereocenters. The van der Waals surface area contributed by atoms with Gasteiger partial charge in [0.15, 0.2) is 11.5 Å². The third kappa shape index (κ3) is 5.58. The van der Waals surface area contributed by atoms with E-state index in [1.54, 1.807) is 0 Å². The van der Waals surface area contributed by atoms with Gasteiger partial charge in [0, 0.05) is 13.1 Å². The highest BCUT2D eigenvalue weighted by Crippen LogP contribution is 2.32. The van der Waals surface area contributed by atoms with Crippen molar-refractivity contribution >= 4 is 6.03 Å². The predicted octanol–water partition coefficient (Wildman–Crippen LogP) is 2.51. The number of amides is 2. The van der Waals surface area contributed by atoms with Crippen molar-refractivity contribution in [2.45, 2.75) is 12.8 Å². The Morgan fingerprint density at radius 3 is 2.41 bits per heavy atom. The average molecular weight is 366 g/mol. The van der Waals surface area contributed by atoms with Crippen molar-refractivity contribution in [1.29, 1.82) is 0 Å². The van der Waals surface area contributed by atoms with E-state index in [1.807, 2.05) is 42.5 Å². The molecule has 0 spiro atoms. The van der Waals surface area contributed by atoms with E-state index in [2.05, 4.69) is 16.6 Å². The number of hydrogen-bond donors (Lipinski definition) is 2. The van der Waals surface area contributed by atoms with Gasteiger partial charge in [-0.1, -0.05) is 24.1 Å². The first-order valence-corrected chi connectivity index (χ1v) is 8.80. The van der Waals surface area contributed by atoms with Crippen LogP contribution in [0.3, 0.4) is 0 Å². The maximum absolute atomic E-state index is 11.9. The predicted molar refractivity (Wildman–Crippen MR) is 102 cm³/mol. The number of urea groups is 1. The summed E-state index contributed by atoms with van der Waals surface area (Å²) in [5, 5.41) is 5.71. The van der Waals surface area contributed by atoms with Crippen LogP contribution in [0.15, 0.2) is 42.5 Å². The molecule has 0 radical (unpaired) electrons. The van der Waals surface area contributed by atoms with Crippen LogP contribution < -0.4 is 24.8 Å². The Hall–Kier alpha value is -3.33. The summed E-state index contributed by atoms with van der Waals surface area (Å²) >= 11 is 0. The lowest BCUT2D eigenvalue weighted by Crippen LogP contribution is -2.37. The fourth-order valence-corrected chi connectivity index (χ4v) is 2.68. The number of carbonyl (C=O) groups is 1. The van der Waals surface area contributed by atoms with Crippen molar-refractivity contribution in [3.8, 4) is 29.6 Å². The lowest BCUT2D eigenvalue weighted by Gasteiger charge is -2.09. The van der Waals surface area contributed by atoms with Crippen molar-refractivity contribution < 1.29 is 19.0 Å². The minimum Gasteiger partial charge on any atom is -0.481 e. The highest BCUT2D eigenvalue weighted by atomic mass is 16.7. The lowest BCUT2D eigenvalue weighted by atomic mass is 10.1. The van der Waals surface area contributed by atoms with Crippen molar-refractivity contribution in [3.05, 3.63) is 53.6 Å². The van der Waals surface area contributed by atoms with Crippen LogP contribution in [0.5, 0.6) is 17.2 Å². The summed E-state index contributed by atoms with van der Waals surface area (Å²) < 4.78 is 16.0. The van der Waals surface area contributed by atoms with E-state index in [0.717, 1.165) is 41.2 Å². The number of rotatable bonds is 8. The van der Waals surface area contributed by atoms with Gasteiger partial charge >= 0.3 is 6.03 Å². The van der Waals surface area contributed by atoms with Gasteiger partial charge in [-0.05, 0) is 48.2 Å². The van der Waals surface area contributed by atoms with E-state index in [4.69, 9.17) is 20.6 Å². The molecule has 27 heavy (non-hydrogen) atoms. The molecule has 6 nitrogen and oxygen atoms in total. The number of fused-ring (bicyclic) bond motifs is 1. The Kier molecular flexibility index (Phi) is 6.42. The molecule has 0 aromatic heterocycles. The maximum Gasteiger partial charge on any atom is 0.314 e. The quantitative estimate of drug-likeness (QED) is 0.705. The number of hydrogen-bond acceptors (Lipinski definition) is 4. The molecule has 0 aliphatic carbocycles. The second-order valence-electron chi connectivity index (χ2n) is 6.01. The maximum atomic E-state index is 11.9. The fourth-order valence-electron chi connectivity index (χ4n) is 2.68. The van der Waals surface area contributed by atoms with Crippen molar-refractivity contribution in [2.75, 3.05) is 26.5 Å². The van der Waals surface area contributed by atoms with Crippen LogP contribution in [0.2, 0.25) is 0 Å². The highest BCUT2D eigenvalue weighted by molar-refractivity contribution is 5.73. The first kappa shape index (κ1) is 18.5. The second-order valence-corrected chi connectivity index (χ2v) is 6.01. The van der Waals surface area contributed by atoms with Crippen LogP contribution in [0.4, 0.5) is 4.79 Å². The first-order valence-electron chi connectivity index (χ1n) is 8.80. The van der Waals surface area contributed by atoms with E-state index in [0.29, 0.717) is 13.1 Å². The minimum absolute atomic E-state index is 0.176. The van der Waals surface area contributed by atoms with Gasteiger partial charge in [-0.25, -0.2) is 4.79 Å². The Morgan fingerprint density at radius 2 is 1.67 bits per heavy atom. The summed E-state index contributed by atoms with van der Waals surface area (Å²) in [6.45, 7) is 1.63. The molecule has 0 unspecified atom stereocenters. The molecular weight excluding hydrogens is 344 g/mol. The van der Waals surface area contributed by atoms with Crippen LogP contribution in [-0.2, 0) is 12.8 Å². The van der Waals surface area contributed by atoms with E-state index < -0.39 is 0 Å². The molecule has 1 heterocycles. The Bertz CT molecular complexity index is 812. The second kappa shape index (κ2) is 9.39. The molecule has 2 aromatic carbocycles. The van der Waals surface area contributed by atoms with Crippen LogP contribution in [0.1, 0.15) is 11.1 Å². The number of benzene rings is 2. The van der Waals surface area contributed by atoms with Crippen molar-refractivity contribution in [1.82, 2.24) is 10.6 Å². The third-order valence-electron chi connectivity index (χ3n) is 4.08. The van der Waals surface area contributed by atoms with Gasteiger partial charge in [-0.2, -0.15) is 0 Å².